The Balaban J connectivity index is 1.76. The summed E-state index contributed by atoms with van der Waals surface area (Å²) in [7, 11) is 1.42. The van der Waals surface area contributed by atoms with E-state index in [9.17, 15) is 24.4 Å². The van der Waals surface area contributed by atoms with Crippen molar-refractivity contribution in [2.45, 2.75) is 25.4 Å². The maximum Gasteiger partial charge on any atom is 0.410 e. The third-order valence-electron chi connectivity index (χ3n) is 4.51. The highest BCUT2D eigenvalue weighted by Crippen LogP contribution is 2.31. The molecule has 9 nitrogen and oxygen atoms in total. The van der Waals surface area contributed by atoms with Gasteiger partial charge in [-0.2, -0.15) is 0 Å². The third kappa shape index (κ3) is 5.22. The van der Waals surface area contributed by atoms with Gasteiger partial charge in [0, 0.05) is 18.7 Å². The van der Waals surface area contributed by atoms with Crippen molar-refractivity contribution in [1.29, 1.82) is 0 Å². The van der Waals surface area contributed by atoms with Gasteiger partial charge in [0.15, 0.2) is 17.7 Å². The minimum atomic E-state index is -0.968. The molecule has 2 aromatic rings. The van der Waals surface area contributed by atoms with Crippen LogP contribution in [0.2, 0.25) is 0 Å². The molecule has 160 valence electrons. The number of aliphatic hydroxyl groups excluding tert-OH is 1. The highest BCUT2D eigenvalue weighted by Gasteiger charge is 2.31. The summed E-state index contributed by atoms with van der Waals surface area (Å²) < 4.78 is 30.4. The van der Waals surface area contributed by atoms with Gasteiger partial charge in [-0.3, -0.25) is 10.1 Å². The first-order valence-corrected chi connectivity index (χ1v) is 9.16. The van der Waals surface area contributed by atoms with Crippen LogP contribution in [0.5, 0.6) is 5.75 Å². The number of hydrogen-bond acceptors (Lipinski definition) is 7. The molecule has 0 bridgehead atoms. The van der Waals surface area contributed by atoms with E-state index in [1.54, 1.807) is 12.1 Å². The molecule has 0 saturated carbocycles. The molecule has 1 aliphatic rings. The fraction of sp³-hybridized carbons (Fsp3) is 0.350. The summed E-state index contributed by atoms with van der Waals surface area (Å²) in [6, 6.07) is 10.9. The highest BCUT2D eigenvalue weighted by atomic mass is 19.1. The van der Waals surface area contributed by atoms with Crippen molar-refractivity contribution in [2.24, 2.45) is 0 Å². The predicted octanol–water partition coefficient (Wildman–Crippen LogP) is 2.64. The standard InChI is InChI=1S/C20H21FN2O7/c1-22(20(25)29-10-13-5-3-2-4-6-13)9-14-7-15(23(26)27)8-16(21)19(14)30-18-12-28-11-17(18)24/h2-8,17-18,24H,9-12H2,1H3/t17-,18+/m0/s1. The number of ether oxygens (including phenoxy) is 3. The first-order valence-electron chi connectivity index (χ1n) is 9.16. The van der Waals surface area contributed by atoms with Gasteiger partial charge in [-0.1, -0.05) is 30.3 Å². The smallest absolute Gasteiger partial charge is 0.410 e. The van der Waals surface area contributed by atoms with Crippen molar-refractivity contribution >= 4 is 11.8 Å². The van der Waals surface area contributed by atoms with E-state index in [1.807, 2.05) is 18.2 Å². The fourth-order valence-corrected chi connectivity index (χ4v) is 2.93. The maximum atomic E-state index is 14.6. The summed E-state index contributed by atoms with van der Waals surface area (Å²) in [5.74, 6) is -1.25. The first kappa shape index (κ1) is 21.5. The van der Waals surface area contributed by atoms with Gasteiger partial charge in [-0.05, 0) is 5.56 Å². The van der Waals surface area contributed by atoms with Crippen molar-refractivity contribution in [3.8, 4) is 5.75 Å². The Morgan fingerprint density at radius 1 is 1.33 bits per heavy atom. The molecule has 0 spiro atoms. The van der Waals surface area contributed by atoms with Gasteiger partial charge in [0.1, 0.15) is 12.7 Å². The van der Waals surface area contributed by atoms with Crippen LogP contribution in [0.4, 0.5) is 14.9 Å². The molecule has 2 atom stereocenters. The summed E-state index contributed by atoms with van der Waals surface area (Å²) in [5.41, 5.74) is 0.379. The Morgan fingerprint density at radius 3 is 2.70 bits per heavy atom. The molecular formula is C20H21FN2O7. The molecule has 30 heavy (non-hydrogen) atoms. The molecule has 1 N–H and O–H groups in total. The van der Waals surface area contributed by atoms with Crippen LogP contribution in [0.3, 0.4) is 0 Å². The van der Waals surface area contributed by atoms with E-state index in [0.29, 0.717) is 0 Å². The average Bonchev–Trinajstić information content (AvgIpc) is 3.13. The highest BCUT2D eigenvalue weighted by molar-refractivity contribution is 5.67. The molecule has 0 radical (unpaired) electrons. The number of hydrogen-bond donors (Lipinski definition) is 1. The van der Waals surface area contributed by atoms with E-state index >= 15 is 0 Å². The van der Waals surface area contributed by atoms with Crippen LogP contribution in [0.25, 0.3) is 0 Å². The first-order chi connectivity index (χ1) is 14.3. The zero-order valence-corrected chi connectivity index (χ0v) is 16.2. The van der Waals surface area contributed by atoms with Crippen LogP contribution in [-0.4, -0.2) is 53.5 Å². The van der Waals surface area contributed by atoms with Crippen LogP contribution in [0.1, 0.15) is 11.1 Å². The van der Waals surface area contributed by atoms with Crippen molar-refractivity contribution in [3.05, 3.63) is 69.5 Å². The summed E-state index contributed by atoms with van der Waals surface area (Å²) in [6.45, 7) is -0.0696. The van der Waals surface area contributed by atoms with Crippen LogP contribution < -0.4 is 4.74 Å². The molecule has 2 aromatic carbocycles. The normalized spacial score (nSPS) is 18.1. The number of rotatable bonds is 7. The number of nitrogens with zero attached hydrogens (tertiary/aromatic N) is 2. The van der Waals surface area contributed by atoms with Gasteiger partial charge in [0.2, 0.25) is 0 Å². The number of carbonyl (C=O) groups is 1. The topological polar surface area (TPSA) is 111 Å². The summed E-state index contributed by atoms with van der Waals surface area (Å²) in [4.78, 5) is 23.8. The number of nitro groups is 1. The molecule has 10 heteroatoms. The van der Waals surface area contributed by atoms with Gasteiger partial charge >= 0.3 is 6.09 Å². The Bertz CT molecular complexity index is 910. The number of carbonyl (C=O) groups excluding carboxylic acids is 1. The van der Waals surface area contributed by atoms with E-state index in [0.717, 1.165) is 22.6 Å². The second-order valence-corrected chi connectivity index (χ2v) is 6.83. The lowest BCUT2D eigenvalue weighted by Gasteiger charge is -2.22. The second-order valence-electron chi connectivity index (χ2n) is 6.83. The zero-order chi connectivity index (χ0) is 21.7. The molecule has 0 aliphatic carbocycles. The number of aliphatic hydroxyl groups is 1. The van der Waals surface area contributed by atoms with Gasteiger partial charge < -0.3 is 24.2 Å². The second kappa shape index (κ2) is 9.51. The summed E-state index contributed by atoms with van der Waals surface area (Å²) >= 11 is 0. The molecule has 0 unspecified atom stereocenters. The molecular weight excluding hydrogens is 399 g/mol. The van der Waals surface area contributed by atoms with E-state index < -0.39 is 34.7 Å². The van der Waals surface area contributed by atoms with E-state index in [1.165, 1.54) is 7.05 Å². The van der Waals surface area contributed by atoms with Crippen molar-refractivity contribution < 1.29 is 33.4 Å². The predicted molar refractivity (Wildman–Crippen MR) is 102 cm³/mol. The lowest BCUT2D eigenvalue weighted by atomic mass is 10.1. The molecule has 1 saturated heterocycles. The largest absolute Gasteiger partial charge is 0.482 e. The Hall–Kier alpha value is -3.24. The van der Waals surface area contributed by atoms with Crippen LogP contribution >= 0.6 is 0 Å². The number of halogens is 1. The van der Waals surface area contributed by atoms with E-state index in [-0.39, 0.29) is 37.7 Å². The molecule has 0 aromatic heterocycles. The van der Waals surface area contributed by atoms with E-state index in [4.69, 9.17) is 14.2 Å². The number of non-ortho nitro benzene ring substituents is 1. The summed E-state index contributed by atoms with van der Waals surface area (Å²) in [5, 5.41) is 21.0. The van der Waals surface area contributed by atoms with Crippen LogP contribution in [0.15, 0.2) is 42.5 Å². The SMILES string of the molecule is CN(Cc1cc([N+](=O)[O-])cc(F)c1O[C@@H]1COC[C@@H]1O)C(=O)OCc1ccccc1. The number of benzene rings is 2. The zero-order valence-electron chi connectivity index (χ0n) is 16.2. The van der Waals surface area contributed by atoms with Crippen molar-refractivity contribution in [2.75, 3.05) is 20.3 Å². The van der Waals surface area contributed by atoms with Crippen LogP contribution in [0, 0.1) is 15.9 Å². The summed E-state index contributed by atoms with van der Waals surface area (Å²) in [6.07, 6.45) is -2.47. The molecule has 1 amide bonds. The average molecular weight is 420 g/mol. The lowest BCUT2D eigenvalue weighted by Crippen LogP contribution is -2.31. The fourth-order valence-electron chi connectivity index (χ4n) is 2.93. The van der Waals surface area contributed by atoms with Gasteiger partial charge in [-0.15, -0.1) is 0 Å². The number of amides is 1. The monoisotopic (exact) mass is 420 g/mol. The van der Waals surface area contributed by atoms with Crippen molar-refractivity contribution in [3.63, 3.8) is 0 Å². The Kier molecular flexibility index (Phi) is 6.80. The molecule has 3 rings (SSSR count). The van der Waals surface area contributed by atoms with E-state index in [2.05, 4.69) is 0 Å². The van der Waals surface area contributed by atoms with Crippen molar-refractivity contribution in [1.82, 2.24) is 4.90 Å². The maximum absolute atomic E-state index is 14.6. The quantitative estimate of drug-likeness (QED) is 0.541. The third-order valence-corrected chi connectivity index (χ3v) is 4.51. The van der Waals surface area contributed by atoms with Gasteiger partial charge in [0.05, 0.1) is 30.7 Å². The van der Waals surface area contributed by atoms with Gasteiger partial charge in [0.25, 0.3) is 5.69 Å². The lowest BCUT2D eigenvalue weighted by molar-refractivity contribution is -0.385. The molecule has 1 heterocycles. The minimum absolute atomic E-state index is 0.0420. The van der Waals surface area contributed by atoms with Gasteiger partial charge in [-0.25, -0.2) is 9.18 Å². The van der Waals surface area contributed by atoms with Crippen LogP contribution in [-0.2, 0) is 22.6 Å². The minimum Gasteiger partial charge on any atom is -0.482 e. The number of nitro benzene ring substituents is 1. The Labute approximate surface area is 171 Å². The molecule has 1 aliphatic heterocycles. The molecule has 1 fully saturated rings. The Morgan fingerprint density at radius 2 is 2.07 bits per heavy atom.